The minimum Gasteiger partial charge on any atom is -0.310 e. The fraction of sp³-hybridized carbons (Fsp3) is 0.444. The molecule has 4 nitrogen and oxygen atoms in total. The van der Waals surface area contributed by atoms with E-state index in [0.29, 0.717) is 30.9 Å². The Morgan fingerprint density at radius 3 is 3.00 bits per heavy atom. The Morgan fingerprint density at radius 1 is 1.38 bits per heavy atom. The van der Waals surface area contributed by atoms with Crippen molar-refractivity contribution in [3.05, 3.63) is 63.3 Å². The number of nitrogens with one attached hydrogen (secondary N) is 1. The number of H-pyrrole nitrogens is 1. The molecule has 2 aromatic rings. The zero-order valence-electron chi connectivity index (χ0n) is 13.7. The molecule has 0 bridgehead atoms. The molecule has 3 rings (SSSR count). The van der Waals surface area contributed by atoms with E-state index in [1.165, 1.54) is 12.1 Å². The lowest BCUT2D eigenvalue weighted by Crippen LogP contribution is -2.35. The number of nitrogens with zero attached hydrogens (tertiary/aromatic N) is 2. The SMILES string of the molecule is CCc1cc(=O)[nH]c(C2CCCN(Cc3cccc(F)c3F)C2)n1. The van der Waals surface area contributed by atoms with E-state index in [4.69, 9.17) is 0 Å². The Bertz CT molecular complexity index is 775. The maximum Gasteiger partial charge on any atom is 0.251 e. The highest BCUT2D eigenvalue weighted by molar-refractivity contribution is 5.19. The zero-order valence-corrected chi connectivity index (χ0v) is 13.7. The predicted octanol–water partition coefficient (Wildman–Crippen LogP) is 2.99. The molecule has 128 valence electrons. The fourth-order valence-corrected chi connectivity index (χ4v) is 3.24. The lowest BCUT2D eigenvalue weighted by molar-refractivity contribution is 0.193. The number of benzene rings is 1. The fourth-order valence-electron chi connectivity index (χ4n) is 3.24. The number of hydrogen-bond acceptors (Lipinski definition) is 3. The highest BCUT2D eigenvalue weighted by Gasteiger charge is 2.24. The lowest BCUT2D eigenvalue weighted by atomic mass is 9.96. The summed E-state index contributed by atoms with van der Waals surface area (Å²) >= 11 is 0. The van der Waals surface area contributed by atoms with Crippen LogP contribution < -0.4 is 5.56 Å². The molecule has 0 saturated carbocycles. The molecule has 24 heavy (non-hydrogen) atoms. The number of halogens is 2. The van der Waals surface area contributed by atoms with Gasteiger partial charge in [0.25, 0.3) is 5.56 Å². The van der Waals surface area contributed by atoms with Crippen molar-refractivity contribution >= 4 is 0 Å². The summed E-state index contributed by atoms with van der Waals surface area (Å²) in [4.78, 5) is 21.2. The van der Waals surface area contributed by atoms with Gasteiger partial charge < -0.3 is 4.98 Å². The Hall–Kier alpha value is -2.08. The highest BCUT2D eigenvalue weighted by Crippen LogP contribution is 2.26. The molecule has 0 radical (unpaired) electrons. The smallest absolute Gasteiger partial charge is 0.251 e. The number of aryl methyl sites for hydroxylation is 1. The Morgan fingerprint density at radius 2 is 2.21 bits per heavy atom. The topological polar surface area (TPSA) is 49.0 Å². The van der Waals surface area contributed by atoms with Gasteiger partial charge in [0.05, 0.1) is 0 Å². The number of likely N-dealkylation sites (tertiary alicyclic amines) is 1. The van der Waals surface area contributed by atoms with Crippen molar-refractivity contribution in [2.24, 2.45) is 0 Å². The third-order valence-electron chi connectivity index (χ3n) is 4.49. The van der Waals surface area contributed by atoms with Crippen LogP contribution in [-0.2, 0) is 13.0 Å². The van der Waals surface area contributed by atoms with Gasteiger partial charge in [0.2, 0.25) is 0 Å². The molecule has 1 fully saturated rings. The van der Waals surface area contributed by atoms with Gasteiger partial charge >= 0.3 is 0 Å². The van der Waals surface area contributed by atoms with Crippen molar-refractivity contribution in [2.45, 2.75) is 38.6 Å². The summed E-state index contributed by atoms with van der Waals surface area (Å²) in [6.07, 6.45) is 2.57. The predicted molar refractivity (Wildman–Crippen MR) is 87.8 cm³/mol. The molecule has 0 aliphatic carbocycles. The van der Waals surface area contributed by atoms with E-state index in [1.807, 2.05) is 6.92 Å². The van der Waals surface area contributed by atoms with Crippen LogP contribution in [0.5, 0.6) is 0 Å². The van der Waals surface area contributed by atoms with Crippen LogP contribution in [0.3, 0.4) is 0 Å². The number of aromatic nitrogens is 2. The second-order valence-corrected chi connectivity index (χ2v) is 6.26. The van der Waals surface area contributed by atoms with Crippen molar-refractivity contribution in [1.29, 1.82) is 0 Å². The first-order chi connectivity index (χ1) is 11.6. The van der Waals surface area contributed by atoms with Crippen molar-refractivity contribution in [3.63, 3.8) is 0 Å². The number of hydrogen-bond donors (Lipinski definition) is 1. The van der Waals surface area contributed by atoms with E-state index in [9.17, 15) is 13.6 Å². The van der Waals surface area contributed by atoms with E-state index in [0.717, 1.165) is 31.1 Å². The minimum absolute atomic E-state index is 0.106. The van der Waals surface area contributed by atoms with Gasteiger partial charge in [0.1, 0.15) is 5.82 Å². The molecule has 1 aliphatic rings. The summed E-state index contributed by atoms with van der Waals surface area (Å²) in [5.74, 6) is -0.792. The standard InChI is InChI=1S/C18H21F2N3O/c1-2-14-9-16(24)22-18(21-14)13-6-4-8-23(11-13)10-12-5-3-7-15(19)17(12)20/h3,5,7,9,13H,2,4,6,8,10-11H2,1H3,(H,21,22,24). The maximum atomic E-state index is 13.9. The van der Waals surface area contributed by atoms with E-state index in [2.05, 4.69) is 14.9 Å². The molecule has 1 saturated heterocycles. The Kier molecular flexibility index (Phi) is 5.04. The zero-order chi connectivity index (χ0) is 17.1. The molecule has 0 amide bonds. The molecular weight excluding hydrogens is 312 g/mol. The highest BCUT2D eigenvalue weighted by atomic mass is 19.2. The van der Waals surface area contributed by atoms with Gasteiger partial charge in [-0.15, -0.1) is 0 Å². The molecular formula is C18H21F2N3O. The van der Waals surface area contributed by atoms with Gasteiger partial charge in [-0.1, -0.05) is 19.1 Å². The molecule has 1 aromatic heterocycles. The van der Waals surface area contributed by atoms with Crippen LogP contribution in [0.25, 0.3) is 0 Å². The first-order valence-electron chi connectivity index (χ1n) is 8.32. The Balaban J connectivity index is 1.76. The molecule has 0 spiro atoms. The summed E-state index contributed by atoms with van der Waals surface area (Å²) in [6, 6.07) is 5.79. The molecule has 1 aliphatic heterocycles. The molecule has 2 heterocycles. The maximum absolute atomic E-state index is 13.9. The van der Waals surface area contributed by atoms with Crippen LogP contribution in [-0.4, -0.2) is 28.0 Å². The third kappa shape index (κ3) is 3.70. The summed E-state index contributed by atoms with van der Waals surface area (Å²) in [6.45, 7) is 3.82. The van der Waals surface area contributed by atoms with Gasteiger partial charge in [-0.3, -0.25) is 9.69 Å². The van der Waals surface area contributed by atoms with Crippen molar-refractivity contribution in [2.75, 3.05) is 13.1 Å². The van der Waals surface area contributed by atoms with Crippen LogP contribution in [0.1, 0.15) is 42.8 Å². The van der Waals surface area contributed by atoms with Crippen LogP contribution in [0.2, 0.25) is 0 Å². The second kappa shape index (κ2) is 7.21. The third-order valence-corrected chi connectivity index (χ3v) is 4.49. The summed E-state index contributed by atoms with van der Waals surface area (Å²) in [5.41, 5.74) is 1.01. The molecule has 1 N–H and O–H groups in total. The lowest BCUT2D eigenvalue weighted by Gasteiger charge is -2.32. The van der Waals surface area contributed by atoms with Gasteiger partial charge in [-0.05, 0) is 31.9 Å². The van der Waals surface area contributed by atoms with E-state index >= 15 is 0 Å². The van der Waals surface area contributed by atoms with Crippen molar-refractivity contribution < 1.29 is 8.78 Å². The Labute approximate surface area is 139 Å². The minimum atomic E-state index is -0.817. The van der Waals surface area contributed by atoms with E-state index in [1.54, 1.807) is 6.07 Å². The van der Waals surface area contributed by atoms with Gasteiger partial charge in [-0.2, -0.15) is 0 Å². The van der Waals surface area contributed by atoms with Crippen LogP contribution in [0, 0.1) is 11.6 Å². The quantitative estimate of drug-likeness (QED) is 0.936. The average molecular weight is 333 g/mol. The average Bonchev–Trinajstić information content (AvgIpc) is 2.58. The van der Waals surface area contributed by atoms with Crippen LogP contribution in [0.4, 0.5) is 8.78 Å². The first kappa shape index (κ1) is 16.8. The van der Waals surface area contributed by atoms with E-state index < -0.39 is 11.6 Å². The largest absolute Gasteiger partial charge is 0.310 e. The number of aromatic amines is 1. The summed E-state index contributed by atoms with van der Waals surface area (Å²) < 4.78 is 27.2. The molecule has 1 aromatic carbocycles. The molecule has 1 unspecified atom stereocenters. The molecule has 1 atom stereocenters. The van der Waals surface area contributed by atoms with Gasteiger partial charge in [0, 0.05) is 36.3 Å². The van der Waals surface area contributed by atoms with E-state index in [-0.39, 0.29) is 11.5 Å². The van der Waals surface area contributed by atoms with Crippen LogP contribution >= 0.6 is 0 Å². The van der Waals surface area contributed by atoms with Crippen molar-refractivity contribution in [1.82, 2.24) is 14.9 Å². The first-order valence-corrected chi connectivity index (χ1v) is 8.32. The van der Waals surface area contributed by atoms with Gasteiger partial charge in [0.15, 0.2) is 11.6 Å². The van der Waals surface area contributed by atoms with Crippen LogP contribution in [0.15, 0.2) is 29.1 Å². The summed E-state index contributed by atoms with van der Waals surface area (Å²) in [7, 11) is 0. The number of rotatable bonds is 4. The second-order valence-electron chi connectivity index (χ2n) is 6.26. The van der Waals surface area contributed by atoms with Crippen molar-refractivity contribution in [3.8, 4) is 0 Å². The summed E-state index contributed by atoms with van der Waals surface area (Å²) in [5, 5.41) is 0. The normalized spacial score (nSPS) is 18.7. The molecule has 6 heteroatoms. The number of piperidine rings is 1. The van der Waals surface area contributed by atoms with Gasteiger partial charge in [-0.25, -0.2) is 13.8 Å². The monoisotopic (exact) mass is 333 g/mol.